The van der Waals surface area contributed by atoms with E-state index in [-0.39, 0.29) is 0 Å². The molecule has 0 heterocycles. The Hall–Kier alpha value is -0.240. The summed E-state index contributed by atoms with van der Waals surface area (Å²) in [4.78, 5) is 5.43. The van der Waals surface area contributed by atoms with Crippen LogP contribution in [-0.4, -0.2) is 12.1 Å². The highest BCUT2D eigenvalue weighted by Gasteiger charge is 2.08. The van der Waals surface area contributed by atoms with Crippen molar-refractivity contribution in [2.24, 2.45) is 10.9 Å². The summed E-state index contributed by atoms with van der Waals surface area (Å²) < 4.78 is 0. The Morgan fingerprint density at radius 3 is 2.62 bits per heavy atom. The average molecular weight is 199 g/mol. The van der Waals surface area contributed by atoms with E-state index < -0.39 is 0 Å². The first-order valence-electron chi connectivity index (χ1n) is 5.09. The zero-order chi connectivity index (χ0) is 10.1. The number of aliphatic imine (C=N–C) groups is 1. The molecular weight excluding hydrogens is 178 g/mol. The number of thioether (sulfide) groups is 1. The molecule has 0 aromatic heterocycles. The Morgan fingerprint density at radius 2 is 2.15 bits per heavy atom. The fourth-order valence-electron chi connectivity index (χ4n) is 1.22. The third kappa shape index (κ3) is 5.92. The SMILES string of the molecule is C=C(S/C=N\CC)C(CC)CCC. The molecule has 0 rings (SSSR count). The van der Waals surface area contributed by atoms with E-state index in [0.29, 0.717) is 5.92 Å². The Bertz CT molecular complexity index is 163. The third-order valence-corrected chi connectivity index (χ3v) is 2.94. The van der Waals surface area contributed by atoms with Crippen molar-refractivity contribution in [3.63, 3.8) is 0 Å². The van der Waals surface area contributed by atoms with Gasteiger partial charge in [0.2, 0.25) is 0 Å². The van der Waals surface area contributed by atoms with Crippen LogP contribution >= 0.6 is 11.8 Å². The lowest BCUT2D eigenvalue weighted by atomic mass is 10.0. The molecular formula is C11H21NS. The van der Waals surface area contributed by atoms with Crippen LogP contribution in [-0.2, 0) is 0 Å². The predicted octanol–water partition coefficient (Wildman–Crippen LogP) is 4.11. The van der Waals surface area contributed by atoms with Gasteiger partial charge in [-0.05, 0) is 30.6 Å². The first-order chi connectivity index (χ1) is 6.26. The van der Waals surface area contributed by atoms with Gasteiger partial charge in [-0.2, -0.15) is 0 Å². The smallest absolute Gasteiger partial charge is 0.0585 e. The number of allylic oxidation sites excluding steroid dienone is 1. The fraction of sp³-hybridized carbons (Fsp3) is 0.727. The molecule has 0 fully saturated rings. The predicted molar refractivity (Wildman–Crippen MR) is 64.5 cm³/mol. The summed E-state index contributed by atoms with van der Waals surface area (Å²) in [7, 11) is 0. The lowest BCUT2D eigenvalue weighted by Gasteiger charge is -2.14. The van der Waals surface area contributed by atoms with Gasteiger partial charge in [-0.25, -0.2) is 0 Å². The van der Waals surface area contributed by atoms with E-state index >= 15 is 0 Å². The largest absolute Gasteiger partial charge is 0.286 e. The van der Waals surface area contributed by atoms with E-state index in [2.05, 4.69) is 25.4 Å². The van der Waals surface area contributed by atoms with Crippen LogP contribution in [0.3, 0.4) is 0 Å². The van der Waals surface area contributed by atoms with Gasteiger partial charge in [0.25, 0.3) is 0 Å². The maximum atomic E-state index is 4.17. The van der Waals surface area contributed by atoms with Crippen LogP contribution in [0, 0.1) is 5.92 Å². The van der Waals surface area contributed by atoms with Crippen molar-refractivity contribution in [3.8, 4) is 0 Å². The minimum absolute atomic E-state index is 0.665. The normalized spacial score (nSPS) is 13.5. The summed E-state index contributed by atoms with van der Waals surface area (Å²) in [6, 6.07) is 0. The van der Waals surface area contributed by atoms with E-state index in [1.165, 1.54) is 24.2 Å². The second-order valence-electron chi connectivity index (χ2n) is 3.08. The first-order valence-corrected chi connectivity index (χ1v) is 5.97. The van der Waals surface area contributed by atoms with Gasteiger partial charge in [0.1, 0.15) is 0 Å². The molecule has 0 aromatic carbocycles. The third-order valence-electron chi connectivity index (χ3n) is 2.05. The van der Waals surface area contributed by atoms with Gasteiger partial charge >= 0.3 is 0 Å². The van der Waals surface area contributed by atoms with Crippen LogP contribution in [0.2, 0.25) is 0 Å². The Morgan fingerprint density at radius 1 is 1.46 bits per heavy atom. The van der Waals surface area contributed by atoms with E-state index in [9.17, 15) is 0 Å². The fourth-order valence-corrected chi connectivity index (χ4v) is 2.05. The lowest BCUT2D eigenvalue weighted by Crippen LogP contribution is -1.98. The zero-order valence-electron chi connectivity index (χ0n) is 9.05. The van der Waals surface area contributed by atoms with Crippen LogP contribution in [0.1, 0.15) is 40.0 Å². The number of nitrogens with zero attached hydrogens (tertiary/aromatic N) is 1. The number of hydrogen-bond acceptors (Lipinski definition) is 2. The molecule has 0 amide bonds. The Labute approximate surface area is 86.7 Å². The zero-order valence-corrected chi connectivity index (χ0v) is 9.86. The molecule has 0 aliphatic heterocycles. The van der Waals surface area contributed by atoms with Gasteiger partial charge in [-0.3, -0.25) is 4.99 Å². The molecule has 0 aliphatic carbocycles. The molecule has 0 N–H and O–H groups in total. The molecule has 2 heteroatoms. The van der Waals surface area contributed by atoms with E-state index in [0.717, 1.165) is 6.54 Å². The van der Waals surface area contributed by atoms with Crippen molar-refractivity contribution in [3.05, 3.63) is 11.5 Å². The molecule has 13 heavy (non-hydrogen) atoms. The molecule has 0 spiro atoms. The highest BCUT2D eigenvalue weighted by Crippen LogP contribution is 2.27. The molecule has 0 radical (unpaired) electrons. The van der Waals surface area contributed by atoms with Gasteiger partial charge < -0.3 is 0 Å². The summed E-state index contributed by atoms with van der Waals surface area (Å²) >= 11 is 1.69. The Kier molecular flexibility index (Phi) is 8.21. The first kappa shape index (κ1) is 12.8. The quantitative estimate of drug-likeness (QED) is 0.444. The molecule has 1 nitrogen and oxygen atoms in total. The summed E-state index contributed by atoms with van der Waals surface area (Å²) in [6.45, 7) is 11.4. The summed E-state index contributed by atoms with van der Waals surface area (Å²) in [5.41, 5.74) is 1.92. The second kappa shape index (κ2) is 8.36. The number of rotatable bonds is 7. The lowest BCUT2D eigenvalue weighted by molar-refractivity contribution is 0.557. The minimum Gasteiger partial charge on any atom is -0.286 e. The van der Waals surface area contributed by atoms with Gasteiger partial charge in [0.05, 0.1) is 5.55 Å². The van der Waals surface area contributed by atoms with E-state index in [1.807, 2.05) is 12.5 Å². The van der Waals surface area contributed by atoms with Crippen molar-refractivity contribution in [2.75, 3.05) is 6.54 Å². The molecule has 1 unspecified atom stereocenters. The van der Waals surface area contributed by atoms with Gasteiger partial charge in [-0.1, -0.05) is 38.6 Å². The average Bonchev–Trinajstić information content (AvgIpc) is 2.14. The molecule has 0 bridgehead atoms. The van der Waals surface area contributed by atoms with E-state index in [1.54, 1.807) is 11.8 Å². The van der Waals surface area contributed by atoms with Crippen molar-refractivity contribution in [2.45, 2.75) is 40.0 Å². The van der Waals surface area contributed by atoms with Gasteiger partial charge in [0, 0.05) is 6.54 Å². The van der Waals surface area contributed by atoms with Crippen LogP contribution in [0.15, 0.2) is 16.5 Å². The van der Waals surface area contributed by atoms with Crippen LogP contribution in [0.25, 0.3) is 0 Å². The van der Waals surface area contributed by atoms with Crippen molar-refractivity contribution in [1.29, 1.82) is 0 Å². The monoisotopic (exact) mass is 199 g/mol. The molecule has 0 saturated heterocycles. The maximum Gasteiger partial charge on any atom is 0.0585 e. The van der Waals surface area contributed by atoms with Crippen molar-refractivity contribution >= 4 is 17.3 Å². The number of hydrogen-bond donors (Lipinski definition) is 0. The molecule has 0 saturated carbocycles. The van der Waals surface area contributed by atoms with E-state index in [4.69, 9.17) is 0 Å². The molecule has 0 aliphatic rings. The Balaban J connectivity index is 3.83. The summed E-state index contributed by atoms with van der Waals surface area (Å²) in [5.74, 6) is 0.665. The molecule has 1 atom stereocenters. The second-order valence-corrected chi connectivity index (χ2v) is 4.05. The standard InChI is InChI=1S/C11H21NS/c1-5-8-11(6-2)10(4)13-9-12-7-3/h9,11H,4-8H2,1-3H3/b12-9-. The van der Waals surface area contributed by atoms with Crippen LogP contribution < -0.4 is 0 Å². The molecule has 0 aromatic rings. The van der Waals surface area contributed by atoms with Crippen LogP contribution in [0.5, 0.6) is 0 Å². The highest BCUT2D eigenvalue weighted by atomic mass is 32.2. The summed E-state index contributed by atoms with van der Waals surface area (Å²) in [5, 5.41) is 0. The van der Waals surface area contributed by atoms with Crippen molar-refractivity contribution < 1.29 is 0 Å². The molecule has 76 valence electrons. The van der Waals surface area contributed by atoms with Gasteiger partial charge in [-0.15, -0.1) is 0 Å². The summed E-state index contributed by atoms with van der Waals surface area (Å²) in [6.07, 6.45) is 3.69. The van der Waals surface area contributed by atoms with Crippen LogP contribution in [0.4, 0.5) is 0 Å². The topological polar surface area (TPSA) is 12.4 Å². The van der Waals surface area contributed by atoms with Crippen molar-refractivity contribution in [1.82, 2.24) is 0 Å². The minimum atomic E-state index is 0.665. The maximum absolute atomic E-state index is 4.17. The van der Waals surface area contributed by atoms with Gasteiger partial charge in [0.15, 0.2) is 0 Å². The highest BCUT2D eigenvalue weighted by molar-refractivity contribution is 8.15.